The zero-order valence-corrected chi connectivity index (χ0v) is 16.2. The Morgan fingerprint density at radius 2 is 2.00 bits per heavy atom. The van der Waals surface area contributed by atoms with E-state index >= 15 is 0 Å². The zero-order valence-electron chi connectivity index (χ0n) is 15.5. The number of imidazole rings is 1. The Morgan fingerprint density at radius 1 is 1.23 bits per heavy atom. The van der Waals surface area contributed by atoms with Crippen LogP contribution < -0.4 is 10.5 Å². The smallest absolute Gasteiger partial charge is 0.223 e. The first kappa shape index (κ1) is 18.4. The summed E-state index contributed by atoms with van der Waals surface area (Å²) in [5, 5.41) is 0.248. The molecule has 0 amide bonds. The molecule has 0 bridgehead atoms. The van der Waals surface area contributed by atoms with Crippen LogP contribution in [0, 0.1) is 19.8 Å². The summed E-state index contributed by atoms with van der Waals surface area (Å²) in [4.78, 5) is 17.0. The molecule has 138 valence electrons. The summed E-state index contributed by atoms with van der Waals surface area (Å²) in [5.41, 5.74) is 9.77. The minimum atomic E-state index is 0.121. The van der Waals surface area contributed by atoms with Gasteiger partial charge in [0.15, 0.2) is 10.8 Å². The van der Waals surface area contributed by atoms with Gasteiger partial charge in [0, 0.05) is 17.3 Å². The molecule has 3 heterocycles. The highest BCUT2D eigenvalue weighted by atomic mass is 35.5. The van der Waals surface area contributed by atoms with Gasteiger partial charge in [-0.2, -0.15) is 9.97 Å². The lowest BCUT2D eigenvalue weighted by Crippen LogP contribution is -2.09. The van der Waals surface area contributed by atoms with Gasteiger partial charge in [0.2, 0.25) is 5.95 Å². The molecule has 26 heavy (non-hydrogen) atoms. The van der Waals surface area contributed by atoms with E-state index in [1.165, 1.54) is 0 Å². The van der Waals surface area contributed by atoms with E-state index < -0.39 is 0 Å². The molecule has 0 spiro atoms. The summed E-state index contributed by atoms with van der Waals surface area (Å²) >= 11 is 6.10. The normalized spacial score (nSPS) is 11.5. The van der Waals surface area contributed by atoms with Crippen LogP contribution in [0.25, 0.3) is 11.2 Å². The summed E-state index contributed by atoms with van der Waals surface area (Å²) in [7, 11) is 0. The quantitative estimate of drug-likeness (QED) is 0.663. The second-order valence-electron chi connectivity index (χ2n) is 6.79. The van der Waals surface area contributed by atoms with E-state index in [0.29, 0.717) is 30.2 Å². The summed E-state index contributed by atoms with van der Waals surface area (Å²) in [6, 6.07) is 0. The fraction of sp³-hybridized carbons (Fsp3) is 0.444. The molecule has 8 heteroatoms. The number of pyridine rings is 1. The molecular formula is C18H23ClN6O. The Balaban J connectivity index is 1.91. The van der Waals surface area contributed by atoms with E-state index in [1.807, 2.05) is 24.6 Å². The Hall–Kier alpha value is -2.41. The Bertz CT molecular complexity index is 937. The number of fused-ring (bicyclic) bond motifs is 1. The Morgan fingerprint density at radius 3 is 2.73 bits per heavy atom. The number of aryl methyl sites for hydroxylation is 1. The highest BCUT2D eigenvalue weighted by molar-refractivity contribution is 6.33. The summed E-state index contributed by atoms with van der Waals surface area (Å²) in [5.74, 6) is 1.62. The lowest BCUT2D eigenvalue weighted by atomic mass is 10.1. The molecule has 7 nitrogen and oxygen atoms in total. The lowest BCUT2D eigenvalue weighted by molar-refractivity contribution is 0.285. The number of nitrogen functional groups attached to an aromatic ring is 1. The molecule has 0 radical (unpaired) electrons. The van der Waals surface area contributed by atoms with Crippen LogP contribution >= 0.6 is 11.6 Å². The van der Waals surface area contributed by atoms with Crippen molar-refractivity contribution in [2.24, 2.45) is 5.92 Å². The molecule has 0 saturated heterocycles. The van der Waals surface area contributed by atoms with Crippen molar-refractivity contribution >= 4 is 28.7 Å². The average molecular weight is 375 g/mol. The maximum Gasteiger partial charge on any atom is 0.223 e. The number of anilines is 1. The number of nitrogens with two attached hydrogens (primary N) is 1. The summed E-state index contributed by atoms with van der Waals surface area (Å²) < 4.78 is 7.90. The van der Waals surface area contributed by atoms with Crippen molar-refractivity contribution in [2.45, 2.75) is 40.7 Å². The van der Waals surface area contributed by atoms with Crippen LogP contribution in [0.2, 0.25) is 5.15 Å². The molecule has 2 N–H and O–H groups in total. The highest BCUT2D eigenvalue weighted by Crippen LogP contribution is 2.27. The van der Waals surface area contributed by atoms with Crippen molar-refractivity contribution in [2.75, 3.05) is 12.3 Å². The van der Waals surface area contributed by atoms with Crippen molar-refractivity contribution in [1.29, 1.82) is 0 Å². The highest BCUT2D eigenvalue weighted by Gasteiger charge is 2.15. The molecule has 3 aromatic rings. The monoisotopic (exact) mass is 374 g/mol. The van der Waals surface area contributed by atoms with Gasteiger partial charge >= 0.3 is 0 Å². The minimum Gasteiger partial charge on any atom is -0.493 e. The third-order valence-electron chi connectivity index (χ3n) is 4.25. The van der Waals surface area contributed by atoms with Gasteiger partial charge in [-0.1, -0.05) is 25.4 Å². The second-order valence-corrected chi connectivity index (χ2v) is 7.15. The lowest BCUT2D eigenvalue weighted by Gasteiger charge is -2.16. The zero-order chi connectivity index (χ0) is 18.8. The third kappa shape index (κ3) is 3.72. The van der Waals surface area contributed by atoms with Crippen LogP contribution in [0.4, 0.5) is 5.95 Å². The number of ether oxygens (including phenoxy) is 1. The molecule has 0 aliphatic heterocycles. The molecule has 0 aliphatic rings. The molecule has 0 aliphatic carbocycles. The van der Waals surface area contributed by atoms with Gasteiger partial charge in [-0.15, -0.1) is 0 Å². The maximum absolute atomic E-state index is 6.10. The van der Waals surface area contributed by atoms with Crippen LogP contribution in [0.5, 0.6) is 5.75 Å². The molecule has 0 atom stereocenters. The molecule has 0 unspecified atom stereocenters. The predicted molar refractivity (Wildman–Crippen MR) is 103 cm³/mol. The fourth-order valence-electron chi connectivity index (χ4n) is 2.74. The van der Waals surface area contributed by atoms with E-state index in [4.69, 9.17) is 22.1 Å². The minimum absolute atomic E-state index is 0.121. The fourth-order valence-corrected chi connectivity index (χ4v) is 2.96. The van der Waals surface area contributed by atoms with Gasteiger partial charge in [-0.3, -0.25) is 4.98 Å². The molecule has 0 fully saturated rings. The van der Waals surface area contributed by atoms with Gasteiger partial charge in [-0.05, 0) is 26.2 Å². The number of hydrogen-bond donors (Lipinski definition) is 1. The number of nitrogens with zero attached hydrogens (tertiary/aromatic N) is 5. The van der Waals surface area contributed by atoms with E-state index in [9.17, 15) is 0 Å². The summed E-state index contributed by atoms with van der Waals surface area (Å²) in [6.07, 6.45) is 4.52. The van der Waals surface area contributed by atoms with Gasteiger partial charge in [0.1, 0.15) is 11.3 Å². The van der Waals surface area contributed by atoms with Crippen LogP contribution in [0.1, 0.15) is 37.1 Å². The van der Waals surface area contributed by atoms with E-state index in [-0.39, 0.29) is 11.1 Å². The number of hydrogen-bond acceptors (Lipinski definition) is 6. The van der Waals surface area contributed by atoms with Gasteiger partial charge in [0.25, 0.3) is 0 Å². The second kappa shape index (κ2) is 7.45. The molecule has 3 rings (SSSR count). The summed E-state index contributed by atoms with van der Waals surface area (Å²) in [6.45, 7) is 9.59. The van der Waals surface area contributed by atoms with E-state index in [1.54, 1.807) is 6.33 Å². The Labute approximate surface area is 157 Å². The van der Waals surface area contributed by atoms with Crippen molar-refractivity contribution in [3.05, 3.63) is 34.5 Å². The van der Waals surface area contributed by atoms with Crippen LogP contribution in [-0.4, -0.2) is 31.1 Å². The first-order valence-corrected chi connectivity index (χ1v) is 8.96. The maximum atomic E-state index is 6.10. The standard InChI is InChI=1S/C18H23ClN6O/c1-10(2)5-6-26-15-11(3)7-21-13(12(15)4)8-25-9-22-14-16(19)23-18(20)24-17(14)25/h7,9-10H,5-6,8H2,1-4H3,(H2,20,23,24). The van der Waals surface area contributed by atoms with Gasteiger partial charge in [-0.25, -0.2) is 4.98 Å². The molecule has 3 aromatic heterocycles. The topological polar surface area (TPSA) is 91.7 Å². The van der Waals surface area contributed by atoms with E-state index in [0.717, 1.165) is 29.0 Å². The van der Waals surface area contributed by atoms with Crippen molar-refractivity contribution < 1.29 is 4.74 Å². The van der Waals surface area contributed by atoms with Crippen molar-refractivity contribution in [3.63, 3.8) is 0 Å². The average Bonchev–Trinajstić information content (AvgIpc) is 2.96. The number of rotatable bonds is 6. The van der Waals surface area contributed by atoms with Crippen LogP contribution in [0.3, 0.4) is 0 Å². The molecular weight excluding hydrogens is 352 g/mol. The first-order valence-electron chi connectivity index (χ1n) is 8.58. The Kier molecular flexibility index (Phi) is 5.27. The van der Waals surface area contributed by atoms with Gasteiger partial charge in [0.05, 0.1) is 25.2 Å². The number of aromatic nitrogens is 5. The predicted octanol–water partition coefficient (Wildman–Crippen LogP) is 3.55. The van der Waals surface area contributed by atoms with E-state index in [2.05, 4.69) is 33.8 Å². The van der Waals surface area contributed by atoms with Crippen molar-refractivity contribution in [3.8, 4) is 5.75 Å². The molecule has 0 saturated carbocycles. The van der Waals surface area contributed by atoms with Gasteiger partial charge < -0.3 is 15.0 Å². The van der Waals surface area contributed by atoms with Crippen LogP contribution in [-0.2, 0) is 6.54 Å². The SMILES string of the molecule is Cc1cnc(Cn2cnc3c(Cl)nc(N)nc32)c(C)c1OCCC(C)C. The number of halogens is 1. The van der Waals surface area contributed by atoms with Crippen molar-refractivity contribution in [1.82, 2.24) is 24.5 Å². The third-order valence-corrected chi connectivity index (χ3v) is 4.51. The first-order chi connectivity index (χ1) is 12.4. The van der Waals surface area contributed by atoms with Crippen LogP contribution in [0.15, 0.2) is 12.5 Å². The molecule has 0 aromatic carbocycles. The largest absolute Gasteiger partial charge is 0.493 e.